The Kier molecular flexibility index (Phi) is 37.4. The molecule has 1 saturated carbocycles. The van der Waals surface area contributed by atoms with Crippen LogP contribution in [0, 0.1) is 91.5 Å². The molecule has 4 heteroatoms. The quantitative estimate of drug-likeness (QED) is 0.154. The van der Waals surface area contributed by atoms with Crippen LogP contribution in [-0.4, -0.2) is 0 Å². The molecule has 0 aromatic heterocycles. The summed E-state index contributed by atoms with van der Waals surface area (Å²) in [5.74, 6) is 2.04. The maximum atomic E-state index is 3.10. The van der Waals surface area contributed by atoms with Crippen LogP contribution in [0.15, 0.2) is 72.8 Å². The Balaban J connectivity index is -0.000000222. The summed E-state index contributed by atoms with van der Waals surface area (Å²) in [5, 5.41) is 0. The van der Waals surface area contributed by atoms with Crippen LogP contribution in [0.25, 0.3) is 0 Å². The second kappa shape index (κ2) is 31.6. The molecule has 4 aromatic rings. The van der Waals surface area contributed by atoms with Gasteiger partial charge in [-0.05, 0) is 25.7 Å². The molecular weight excluding hydrogens is 836 g/mol. The molecule has 4 radical (unpaired) electrons. The predicted octanol–water partition coefficient (Wildman–Crippen LogP) is 11.2. The summed E-state index contributed by atoms with van der Waals surface area (Å²) in [4.78, 5) is 0. The molecule has 228 valence electrons. The van der Waals surface area contributed by atoms with Crippen molar-refractivity contribution >= 4 is 0 Å². The minimum atomic E-state index is 0. The van der Waals surface area contributed by atoms with E-state index in [1.54, 1.807) is 0 Å². The average Bonchev–Trinajstić information content (AvgIpc) is 2.94. The smallest absolute Gasteiger partial charge is 0 e. The minimum Gasteiger partial charge on any atom is -0.356 e. The van der Waals surface area contributed by atoms with E-state index < -0.39 is 0 Å². The van der Waals surface area contributed by atoms with Crippen molar-refractivity contribution in [3.63, 3.8) is 0 Å². The summed E-state index contributed by atoms with van der Waals surface area (Å²) >= 11 is 0. The van der Waals surface area contributed by atoms with E-state index in [-0.39, 0.29) is 131 Å². The molecule has 0 saturated heterocycles. The molecule has 44 heavy (non-hydrogen) atoms. The Hall–Kier alpha value is 1.30. The molecule has 0 N–H and O–H groups in total. The van der Waals surface area contributed by atoms with Crippen molar-refractivity contribution in [1.82, 2.24) is 0 Å². The zero-order valence-corrected chi connectivity index (χ0v) is 40.6. The molecule has 1 aliphatic carbocycles. The first-order valence-corrected chi connectivity index (χ1v) is 14.7. The van der Waals surface area contributed by atoms with Gasteiger partial charge in [-0.3, -0.25) is 23.3 Å². The summed E-state index contributed by atoms with van der Waals surface area (Å²) in [6, 6.07) is 37.0. The Labute approximate surface area is 373 Å². The molecule has 0 spiro atoms. The van der Waals surface area contributed by atoms with Crippen LogP contribution in [0.4, 0.5) is 0 Å². The Bertz CT molecular complexity index is 890. The molecule has 1 fully saturated rings. The van der Waals surface area contributed by atoms with Gasteiger partial charge < -0.3 is 12.1 Å². The van der Waals surface area contributed by atoms with Gasteiger partial charge >= 0.3 is 0 Å². The Morgan fingerprint density at radius 2 is 0.659 bits per heavy atom. The first kappa shape index (κ1) is 52.1. The number of rotatable bonds is 0. The first-order valence-electron chi connectivity index (χ1n) is 14.7. The van der Waals surface area contributed by atoms with Crippen LogP contribution in [-0.2, 0) is 131 Å². The molecule has 0 atom stereocenters. The second-order valence-corrected chi connectivity index (χ2v) is 11.6. The van der Waals surface area contributed by atoms with E-state index in [1.165, 1.54) is 64.6 Å². The molecule has 0 unspecified atom stereocenters. The van der Waals surface area contributed by atoms with Gasteiger partial charge in [-0.1, -0.05) is 110 Å². The van der Waals surface area contributed by atoms with Gasteiger partial charge in [0, 0.05) is 131 Å². The van der Waals surface area contributed by atoms with Gasteiger partial charge in [0.2, 0.25) is 0 Å². The summed E-state index contributed by atoms with van der Waals surface area (Å²) in [5.41, 5.74) is 9.91. The van der Waals surface area contributed by atoms with Crippen LogP contribution in [0.2, 0.25) is 0 Å². The molecule has 0 bridgehead atoms. The van der Waals surface area contributed by atoms with Gasteiger partial charge in [0.1, 0.15) is 0 Å². The number of aryl methyl sites for hydroxylation is 8. The SMILES string of the molecule is CC1CCC(C)CC1.Cc1[c-]cc(C)c[c-]1.Cc1[c-]cc(C)cc1.Cc1[c-]cc(C)cc1.Cc1ccc(C)cc1.[Y].[Y].[Y].[Y]. The maximum Gasteiger partial charge on any atom is 0 e. The van der Waals surface area contributed by atoms with Gasteiger partial charge in [0.15, 0.2) is 0 Å². The van der Waals surface area contributed by atoms with Gasteiger partial charge in [-0.2, -0.15) is 70.8 Å². The number of benzene rings is 4. The van der Waals surface area contributed by atoms with E-state index in [2.05, 4.69) is 114 Å². The molecule has 4 aromatic carbocycles. The van der Waals surface area contributed by atoms with Crippen LogP contribution < -0.4 is 0 Å². The standard InChI is InChI=1S/C8H16.C8H10.2C8H9.C8H8.4Y/c5*1-7-3-5-8(2)6-4-7;;;;/h7-8H,3-6H2,1-2H3;3-6H,1-2H3;2*3-5H,1-2H3;3-4H,1-2H3;;;;/q;;2*-1;-2;;;;. The van der Waals surface area contributed by atoms with Crippen molar-refractivity contribution in [1.29, 1.82) is 0 Å². The van der Waals surface area contributed by atoms with Gasteiger partial charge in [0.25, 0.3) is 0 Å². The summed E-state index contributed by atoms with van der Waals surface area (Å²) in [6.07, 6.45) is 5.89. The molecule has 0 nitrogen and oxygen atoms in total. The van der Waals surface area contributed by atoms with Crippen molar-refractivity contribution in [2.75, 3.05) is 0 Å². The topological polar surface area (TPSA) is 0 Å². The van der Waals surface area contributed by atoms with E-state index in [4.69, 9.17) is 0 Å². The third kappa shape index (κ3) is 29.4. The van der Waals surface area contributed by atoms with E-state index in [1.807, 2.05) is 52.0 Å². The van der Waals surface area contributed by atoms with Crippen molar-refractivity contribution in [3.05, 3.63) is 142 Å². The van der Waals surface area contributed by atoms with E-state index in [0.717, 1.165) is 17.4 Å². The second-order valence-electron chi connectivity index (χ2n) is 11.6. The van der Waals surface area contributed by atoms with Crippen LogP contribution in [0.3, 0.4) is 0 Å². The van der Waals surface area contributed by atoms with E-state index in [9.17, 15) is 0 Å². The van der Waals surface area contributed by atoms with Gasteiger partial charge in [0.05, 0.1) is 0 Å². The minimum absolute atomic E-state index is 0. The first-order chi connectivity index (χ1) is 18.9. The molecule has 5 rings (SSSR count). The predicted molar refractivity (Wildman–Crippen MR) is 176 cm³/mol. The maximum absolute atomic E-state index is 3.10. The third-order valence-corrected chi connectivity index (χ3v) is 6.80. The normalized spacial score (nSPS) is 14.0. The zero-order valence-electron chi connectivity index (χ0n) is 29.2. The largest absolute Gasteiger partial charge is 0.356 e. The van der Waals surface area contributed by atoms with Crippen LogP contribution in [0.1, 0.15) is 84.0 Å². The number of hydrogen-bond acceptors (Lipinski definition) is 0. The van der Waals surface area contributed by atoms with Crippen LogP contribution in [0.5, 0.6) is 0 Å². The summed E-state index contributed by atoms with van der Waals surface area (Å²) < 4.78 is 0. The van der Waals surface area contributed by atoms with Crippen LogP contribution >= 0.6 is 0 Å². The van der Waals surface area contributed by atoms with Crippen molar-refractivity contribution in [2.45, 2.75) is 94.9 Å². The zero-order chi connectivity index (χ0) is 29.9. The Morgan fingerprint density at radius 1 is 0.386 bits per heavy atom. The fraction of sp³-hybridized carbons (Fsp3) is 0.400. The van der Waals surface area contributed by atoms with E-state index in [0.29, 0.717) is 0 Å². The molecule has 0 heterocycles. The fourth-order valence-electron chi connectivity index (χ4n) is 3.75. The molecule has 0 aliphatic heterocycles. The van der Waals surface area contributed by atoms with E-state index >= 15 is 0 Å². The van der Waals surface area contributed by atoms with Gasteiger partial charge in [-0.25, -0.2) is 0 Å². The van der Waals surface area contributed by atoms with Crippen molar-refractivity contribution in [2.24, 2.45) is 11.8 Å². The number of hydrogen-bond donors (Lipinski definition) is 0. The summed E-state index contributed by atoms with van der Waals surface area (Å²) in [7, 11) is 0. The molecule has 1 aliphatic rings. The Morgan fingerprint density at radius 3 is 0.886 bits per heavy atom. The monoisotopic (exact) mass is 888 g/mol. The van der Waals surface area contributed by atoms with Crippen molar-refractivity contribution in [3.8, 4) is 0 Å². The molecular formula is C40H52Y4-4. The van der Waals surface area contributed by atoms with Gasteiger partial charge in [-0.15, -0.1) is 6.92 Å². The molecule has 0 amide bonds. The summed E-state index contributed by atoms with van der Waals surface area (Å²) in [6.45, 7) is 21.2. The fourth-order valence-corrected chi connectivity index (χ4v) is 3.75. The average molecular weight is 888 g/mol. The third-order valence-electron chi connectivity index (χ3n) is 6.80. The van der Waals surface area contributed by atoms with Crippen molar-refractivity contribution < 1.29 is 131 Å².